The molecule has 12 nitrogen and oxygen atoms in total. The molecule has 0 aromatic carbocycles. The van der Waals surface area contributed by atoms with Crippen LogP contribution in [0.2, 0.25) is 0 Å². The summed E-state index contributed by atoms with van der Waals surface area (Å²) in [7, 11) is -5.08. The maximum absolute atomic E-state index is 13.1. The fraction of sp³-hybridized carbons (Fsp3) is 0.954. The fourth-order valence-corrected chi connectivity index (χ4v) is 11.7. The molecule has 1 saturated heterocycles. The summed E-state index contributed by atoms with van der Waals surface area (Å²) in [6, 6.07) is -0.855. The van der Waals surface area contributed by atoms with Gasteiger partial charge in [-0.05, 0) is 38.5 Å². The molecule has 1 aliphatic heterocycles. The van der Waals surface area contributed by atoms with Gasteiger partial charge in [-0.25, -0.2) is 4.18 Å². The van der Waals surface area contributed by atoms with E-state index in [1.165, 1.54) is 263 Å². The average Bonchev–Trinajstić information content (AvgIpc) is 3.44. The first-order valence-electron chi connectivity index (χ1n) is 33.6. The molecule has 464 valence electrons. The number of aliphatic hydroxyl groups is 4. The highest BCUT2D eigenvalue weighted by Crippen LogP contribution is 2.27. The van der Waals surface area contributed by atoms with Crippen LogP contribution >= 0.6 is 0 Å². The number of rotatable bonds is 60. The Kier molecular flexibility index (Phi) is 52.8. The molecule has 7 unspecified atom stereocenters. The topological polar surface area (TPSA) is 192 Å². The first kappa shape index (κ1) is 74.9. The number of nitrogens with one attached hydrogen (secondary N) is 1. The van der Waals surface area contributed by atoms with Crippen LogP contribution in [-0.4, -0.2) is 95.4 Å². The summed E-state index contributed by atoms with van der Waals surface area (Å²) in [4.78, 5) is 13.1. The Balaban J connectivity index is 2.10. The molecule has 0 aromatic rings. The van der Waals surface area contributed by atoms with Crippen LogP contribution in [0.1, 0.15) is 341 Å². The van der Waals surface area contributed by atoms with Crippen LogP contribution in [0.3, 0.4) is 0 Å². The zero-order valence-corrected chi connectivity index (χ0v) is 51.6. The van der Waals surface area contributed by atoms with Crippen molar-refractivity contribution in [2.45, 2.75) is 384 Å². The molecule has 0 spiro atoms. The molecule has 0 saturated carbocycles. The van der Waals surface area contributed by atoms with Crippen molar-refractivity contribution in [3.63, 3.8) is 0 Å². The van der Waals surface area contributed by atoms with E-state index in [1.807, 2.05) is 0 Å². The number of carbonyl (C=O) groups is 1. The number of hydrogen-bond donors (Lipinski definition) is 6. The molecular formula is C65H127NO11S. The minimum Gasteiger partial charge on any atom is -0.394 e. The number of carbonyl (C=O) groups excluding carboxylic acids is 1. The van der Waals surface area contributed by atoms with Gasteiger partial charge in [0.15, 0.2) is 6.29 Å². The van der Waals surface area contributed by atoms with Gasteiger partial charge in [0.2, 0.25) is 5.91 Å². The van der Waals surface area contributed by atoms with Crippen LogP contribution < -0.4 is 5.32 Å². The van der Waals surface area contributed by atoms with Crippen molar-refractivity contribution in [3.8, 4) is 0 Å². The third-order valence-electron chi connectivity index (χ3n) is 16.3. The van der Waals surface area contributed by atoms with E-state index in [1.54, 1.807) is 0 Å². The van der Waals surface area contributed by atoms with Gasteiger partial charge in [0, 0.05) is 6.42 Å². The summed E-state index contributed by atoms with van der Waals surface area (Å²) < 4.78 is 47.9. The normalized spacial score (nSPS) is 18.8. The van der Waals surface area contributed by atoms with E-state index in [9.17, 15) is 38.2 Å². The zero-order chi connectivity index (χ0) is 56.8. The van der Waals surface area contributed by atoms with Crippen LogP contribution in [0.4, 0.5) is 0 Å². The van der Waals surface area contributed by atoms with Gasteiger partial charge in [-0.1, -0.05) is 309 Å². The number of aliphatic hydroxyl groups excluding tert-OH is 4. The van der Waals surface area contributed by atoms with E-state index in [0.29, 0.717) is 12.8 Å². The number of unbranched alkanes of at least 4 members (excludes halogenated alkanes) is 46. The highest BCUT2D eigenvalue weighted by atomic mass is 32.3. The van der Waals surface area contributed by atoms with Crippen LogP contribution in [0.5, 0.6) is 0 Å². The molecule has 0 radical (unpaired) electrons. The second-order valence-electron chi connectivity index (χ2n) is 23.8. The third kappa shape index (κ3) is 46.3. The Morgan fingerprint density at radius 1 is 0.500 bits per heavy atom. The molecule has 1 aliphatic rings. The van der Waals surface area contributed by atoms with Gasteiger partial charge in [0.25, 0.3) is 0 Å². The number of hydrogen-bond acceptors (Lipinski definition) is 10. The van der Waals surface area contributed by atoms with E-state index in [4.69, 9.17) is 9.47 Å². The number of amides is 1. The van der Waals surface area contributed by atoms with E-state index >= 15 is 0 Å². The van der Waals surface area contributed by atoms with Crippen molar-refractivity contribution < 1.29 is 51.8 Å². The molecule has 13 heteroatoms. The molecule has 0 aromatic heterocycles. The lowest BCUT2D eigenvalue weighted by atomic mass is 9.99. The smallest absolute Gasteiger partial charge is 0.394 e. The van der Waals surface area contributed by atoms with Gasteiger partial charge in [-0.2, -0.15) is 8.42 Å². The molecule has 6 N–H and O–H groups in total. The maximum atomic E-state index is 13.1. The van der Waals surface area contributed by atoms with Crippen LogP contribution in [0.25, 0.3) is 0 Å². The van der Waals surface area contributed by atoms with Gasteiger partial charge < -0.3 is 35.2 Å². The minimum absolute atomic E-state index is 0.224. The van der Waals surface area contributed by atoms with Crippen molar-refractivity contribution in [3.05, 3.63) is 12.2 Å². The summed E-state index contributed by atoms with van der Waals surface area (Å²) in [6.07, 6.45) is 60.0. The molecule has 1 fully saturated rings. The van der Waals surface area contributed by atoms with Gasteiger partial charge >= 0.3 is 10.4 Å². The van der Waals surface area contributed by atoms with Crippen molar-refractivity contribution in [2.75, 3.05) is 13.2 Å². The average molecular weight is 1130 g/mol. The van der Waals surface area contributed by atoms with Crippen molar-refractivity contribution in [1.82, 2.24) is 5.32 Å². The molecule has 0 aliphatic carbocycles. The highest BCUT2D eigenvalue weighted by molar-refractivity contribution is 7.80. The summed E-state index contributed by atoms with van der Waals surface area (Å²) in [5.74, 6) is -0.224. The van der Waals surface area contributed by atoms with Crippen molar-refractivity contribution >= 4 is 16.3 Å². The second-order valence-corrected chi connectivity index (χ2v) is 24.8. The van der Waals surface area contributed by atoms with E-state index in [2.05, 4.69) is 35.5 Å². The van der Waals surface area contributed by atoms with E-state index < -0.39 is 59.9 Å². The quantitative estimate of drug-likeness (QED) is 0.0193. The molecule has 7 atom stereocenters. The lowest BCUT2D eigenvalue weighted by molar-refractivity contribution is -0.298. The van der Waals surface area contributed by atoms with Gasteiger partial charge in [-0.15, -0.1) is 0 Å². The molecule has 78 heavy (non-hydrogen) atoms. The predicted molar refractivity (Wildman–Crippen MR) is 324 cm³/mol. The Bertz CT molecular complexity index is 1420. The molecule has 1 rings (SSSR count). The Labute approximate surface area is 480 Å². The molecule has 1 heterocycles. The van der Waals surface area contributed by atoms with E-state index in [-0.39, 0.29) is 12.5 Å². The van der Waals surface area contributed by atoms with E-state index in [0.717, 1.165) is 51.4 Å². The third-order valence-corrected chi connectivity index (χ3v) is 16.8. The van der Waals surface area contributed by atoms with Crippen molar-refractivity contribution in [1.29, 1.82) is 0 Å². The highest BCUT2D eigenvalue weighted by Gasteiger charge is 2.48. The first-order chi connectivity index (χ1) is 38.0. The summed E-state index contributed by atoms with van der Waals surface area (Å²) in [5.41, 5.74) is 0. The summed E-state index contributed by atoms with van der Waals surface area (Å²) >= 11 is 0. The van der Waals surface area contributed by atoms with Gasteiger partial charge in [0.05, 0.1) is 25.4 Å². The largest absolute Gasteiger partial charge is 0.397 e. The number of ether oxygens (including phenoxy) is 2. The van der Waals surface area contributed by atoms with Crippen molar-refractivity contribution in [2.24, 2.45) is 0 Å². The minimum atomic E-state index is -5.08. The van der Waals surface area contributed by atoms with Crippen LogP contribution in [-0.2, 0) is 28.9 Å². The Morgan fingerprint density at radius 2 is 0.821 bits per heavy atom. The fourth-order valence-electron chi connectivity index (χ4n) is 11.2. The molecule has 0 bridgehead atoms. The molecule has 1 amide bonds. The predicted octanol–water partition coefficient (Wildman–Crippen LogP) is 17.0. The van der Waals surface area contributed by atoms with Crippen LogP contribution in [0.15, 0.2) is 12.2 Å². The lowest BCUT2D eigenvalue weighted by Gasteiger charge is -2.41. The summed E-state index contributed by atoms with van der Waals surface area (Å²) in [5, 5.41) is 45.1. The van der Waals surface area contributed by atoms with Gasteiger partial charge in [-0.3, -0.25) is 9.35 Å². The monoisotopic (exact) mass is 1130 g/mol. The van der Waals surface area contributed by atoms with Crippen LogP contribution in [0, 0.1) is 0 Å². The summed E-state index contributed by atoms with van der Waals surface area (Å²) in [6.45, 7) is 3.49. The Morgan fingerprint density at radius 3 is 1.15 bits per heavy atom. The Hall–Kier alpha value is -1.16. The zero-order valence-electron chi connectivity index (χ0n) is 50.8. The number of allylic oxidation sites excluding steroid dienone is 2. The first-order valence-corrected chi connectivity index (χ1v) is 34.9. The molecular weight excluding hydrogens is 1000 g/mol. The maximum Gasteiger partial charge on any atom is 0.397 e. The SMILES string of the molecule is CCCCCCCCCCCCCCCCCCCC/C=C\CCCCCCCCCCCCCCCCCCCC(=O)NC(COC1OC(CO)C(O)C(OS(=O)(=O)O)C1O)C(O)CCCCCCCCCCCCCC. The lowest BCUT2D eigenvalue weighted by Crippen LogP contribution is -2.61. The second kappa shape index (κ2) is 55.1. The van der Waals surface area contributed by atoms with Gasteiger partial charge in [0.1, 0.15) is 24.4 Å². The standard InChI is InChI=1S/C65H127NO11S/c1-3-5-7-9-11-13-15-17-18-19-20-21-22-23-24-25-26-27-28-29-30-31-32-33-34-35-36-37-38-39-40-41-42-43-45-47-49-51-53-55-61(69)66-58(59(68)54-52-50-48-46-44-16-14-12-10-8-6-4-2)57-75-65-63(71)64(77-78(72,73)74)62(70)60(56-67)76-65/h29-30,58-60,62-65,67-68,70-71H,3-28,31-57H2,1-2H3,(H,66,69)(H,72,73,74)/b30-29-.